The maximum atomic E-state index is 12.3. The summed E-state index contributed by atoms with van der Waals surface area (Å²) in [6, 6.07) is 1.70. The van der Waals surface area contributed by atoms with Gasteiger partial charge in [-0.2, -0.15) is 5.10 Å². The minimum absolute atomic E-state index is 0.0331. The highest BCUT2D eigenvalue weighted by Gasteiger charge is 2.25. The smallest absolute Gasteiger partial charge is 0.252 e. The molecular formula is C22H32N6O. The number of aryl methyl sites for hydroxylation is 1. The van der Waals surface area contributed by atoms with Gasteiger partial charge in [-0.25, -0.2) is 4.98 Å². The van der Waals surface area contributed by atoms with Crippen LogP contribution in [0.4, 0.5) is 5.95 Å². The van der Waals surface area contributed by atoms with Gasteiger partial charge in [0.15, 0.2) is 0 Å². The number of nitrogens with one attached hydrogen (secondary N) is 1. The molecule has 0 aliphatic carbocycles. The van der Waals surface area contributed by atoms with Gasteiger partial charge in [-0.1, -0.05) is 6.08 Å². The van der Waals surface area contributed by atoms with Crippen LogP contribution >= 0.6 is 0 Å². The highest BCUT2D eigenvalue weighted by atomic mass is 16.1. The van der Waals surface area contributed by atoms with E-state index in [1.807, 2.05) is 10.8 Å². The van der Waals surface area contributed by atoms with Gasteiger partial charge in [0.1, 0.15) is 0 Å². The number of aromatic amines is 1. The van der Waals surface area contributed by atoms with Crippen molar-refractivity contribution in [1.82, 2.24) is 24.6 Å². The summed E-state index contributed by atoms with van der Waals surface area (Å²) in [5, 5.41) is 4.57. The van der Waals surface area contributed by atoms with E-state index in [-0.39, 0.29) is 5.56 Å². The van der Waals surface area contributed by atoms with Gasteiger partial charge in [-0.15, -0.1) is 6.58 Å². The van der Waals surface area contributed by atoms with E-state index in [1.54, 1.807) is 6.07 Å². The van der Waals surface area contributed by atoms with Crippen molar-refractivity contribution in [2.75, 3.05) is 31.1 Å². The lowest BCUT2D eigenvalue weighted by atomic mass is 9.94. The van der Waals surface area contributed by atoms with Crippen molar-refractivity contribution in [3.05, 3.63) is 52.2 Å². The average Bonchev–Trinajstić information content (AvgIpc) is 3.07. The van der Waals surface area contributed by atoms with Gasteiger partial charge in [0.2, 0.25) is 5.95 Å². The van der Waals surface area contributed by atoms with Crippen LogP contribution < -0.4 is 10.5 Å². The predicted molar refractivity (Wildman–Crippen MR) is 115 cm³/mol. The second-order valence-electron chi connectivity index (χ2n) is 8.37. The third-order valence-electron chi connectivity index (χ3n) is 6.09. The Kier molecular flexibility index (Phi) is 6.13. The van der Waals surface area contributed by atoms with Crippen LogP contribution in [0, 0.1) is 6.92 Å². The largest absolute Gasteiger partial charge is 0.342 e. The fraction of sp³-hybridized carbons (Fsp3) is 0.591. The zero-order chi connectivity index (χ0) is 20.2. The third-order valence-corrected chi connectivity index (χ3v) is 6.09. The SMILES string of the molecule is C=CCn1cc(CN2CCCC(c3cc(=O)[nH]c(N4CCCCC4)n3)C2)c(C)n1. The fourth-order valence-electron chi connectivity index (χ4n) is 4.55. The fourth-order valence-corrected chi connectivity index (χ4v) is 4.55. The van der Waals surface area contributed by atoms with E-state index in [0.717, 1.165) is 69.4 Å². The molecule has 0 spiro atoms. The molecule has 0 radical (unpaired) electrons. The van der Waals surface area contributed by atoms with Gasteiger partial charge in [-0.3, -0.25) is 19.4 Å². The van der Waals surface area contributed by atoms with Crippen molar-refractivity contribution >= 4 is 5.95 Å². The minimum Gasteiger partial charge on any atom is -0.342 e. The number of piperidine rings is 2. The standard InChI is InChI=1S/C22H32N6O/c1-3-9-28-16-19(17(2)25-28)15-26-10-7-8-18(14-26)20-13-21(29)24-22(23-20)27-11-5-4-6-12-27/h3,13,16,18H,1,4-12,14-15H2,2H3,(H,23,24,29). The molecule has 156 valence electrons. The van der Waals surface area contributed by atoms with Gasteiger partial charge in [0.25, 0.3) is 5.56 Å². The van der Waals surface area contributed by atoms with Gasteiger partial charge in [-0.05, 0) is 45.6 Å². The van der Waals surface area contributed by atoms with Crippen molar-refractivity contribution in [1.29, 1.82) is 0 Å². The summed E-state index contributed by atoms with van der Waals surface area (Å²) in [7, 11) is 0. The molecule has 2 aromatic rings. The summed E-state index contributed by atoms with van der Waals surface area (Å²) < 4.78 is 1.95. The molecule has 0 saturated carbocycles. The predicted octanol–water partition coefficient (Wildman–Crippen LogP) is 2.83. The first-order chi connectivity index (χ1) is 14.1. The first-order valence-electron chi connectivity index (χ1n) is 10.8. The summed E-state index contributed by atoms with van der Waals surface area (Å²) in [5.41, 5.74) is 3.25. The first-order valence-corrected chi connectivity index (χ1v) is 10.8. The zero-order valence-electron chi connectivity index (χ0n) is 17.4. The van der Waals surface area contributed by atoms with E-state index in [4.69, 9.17) is 4.98 Å². The molecule has 7 nitrogen and oxygen atoms in total. The van der Waals surface area contributed by atoms with E-state index in [1.165, 1.54) is 24.8 Å². The summed E-state index contributed by atoms with van der Waals surface area (Å²) in [6.45, 7) is 11.5. The molecule has 2 fully saturated rings. The van der Waals surface area contributed by atoms with Crippen LogP contribution in [-0.4, -0.2) is 50.8 Å². The number of rotatable bonds is 6. The maximum Gasteiger partial charge on any atom is 0.252 e. The number of hydrogen-bond donors (Lipinski definition) is 1. The Morgan fingerprint density at radius 2 is 2.07 bits per heavy atom. The zero-order valence-corrected chi connectivity index (χ0v) is 17.4. The van der Waals surface area contributed by atoms with Gasteiger partial charge >= 0.3 is 0 Å². The van der Waals surface area contributed by atoms with Gasteiger partial charge in [0, 0.05) is 49.9 Å². The van der Waals surface area contributed by atoms with Crippen LogP contribution in [0.15, 0.2) is 29.7 Å². The van der Waals surface area contributed by atoms with E-state index in [0.29, 0.717) is 5.92 Å². The number of aromatic nitrogens is 4. The Balaban J connectivity index is 1.47. The number of hydrogen-bond acceptors (Lipinski definition) is 5. The van der Waals surface area contributed by atoms with Crippen molar-refractivity contribution in [3.8, 4) is 0 Å². The lowest BCUT2D eigenvalue weighted by Crippen LogP contribution is -2.36. The molecule has 2 aliphatic heterocycles. The average molecular weight is 397 g/mol. The first kappa shape index (κ1) is 19.9. The lowest BCUT2D eigenvalue weighted by Gasteiger charge is -2.33. The maximum absolute atomic E-state index is 12.3. The minimum atomic E-state index is -0.0331. The monoisotopic (exact) mass is 396 g/mol. The highest BCUT2D eigenvalue weighted by Crippen LogP contribution is 2.27. The summed E-state index contributed by atoms with van der Waals surface area (Å²) >= 11 is 0. The number of allylic oxidation sites excluding steroid dienone is 1. The summed E-state index contributed by atoms with van der Waals surface area (Å²) in [6.07, 6.45) is 9.81. The Labute approximate surface area is 172 Å². The van der Waals surface area contributed by atoms with Crippen molar-refractivity contribution in [3.63, 3.8) is 0 Å². The number of H-pyrrole nitrogens is 1. The third kappa shape index (κ3) is 4.78. The van der Waals surface area contributed by atoms with Gasteiger partial charge in [0.05, 0.1) is 17.9 Å². The second kappa shape index (κ2) is 8.95. The van der Waals surface area contributed by atoms with Gasteiger partial charge < -0.3 is 4.90 Å². The molecule has 1 N–H and O–H groups in total. The molecule has 7 heteroatoms. The van der Waals surface area contributed by atoms with Crippen LogP contribution in [0.25, 0.3) is 0 Å². The molecule has 2 saturated heterocycles. The topological polar surface area (TPSA) is 70.1 Å². The van der Waals surface area contributed by atoms with E-state index >= 15 is 0 Å². The Bertz CT molecular complexity index is 895. The molecule has 1 unspecified atom stereocenters. The van der Waals surface area contributed by atoms with E-state index < -0.39 is 0 Å². The summed E-state index contributed by atoms with van der Waals surface area (Å²) in [4.78, 5) is 24.9. The number of nitrogens with zero attached hydrogens (tertiary/aromatic N) is 5. The Hall–Kier alpha value is -2.41. The molecule has 0 amide bonds. The van der Waals surface area contributed by atoms with Crippen molar-refractivity contribution < 1.29 is 0 Å². The van der Waals surface area contributed by atoms with Crippen LogP contribution in [0.3, 0.4) is 0 Å². The second-order valence-corrected chi connectivity index (χ2v) is 8.37. The Morgan fingerprint density at radius 1 is 1.24 bits per heavy atom. The molecule has 2 aromatic heterocycles. The molecule has 29 heavy (non-hydrogen) atoms. The molecule has 4 heterocycles. The van der Waals surface area contributed by atoms with Crippen LogP contribution in [0.1, 0.15) is 55.0 Å². The van der Waals surface area contributed by atoms with Crippen molar-refractivity contribution in [2.45, 2.75) is 58.0 Å². The van der Waals surface area contributed by atoms with E-state index in [2.05, 4.69) is 39.6 Å². The normalized spacial score (nSPS) is 20.7. The van der Waals surface area contributed by atoms with Crippen LogP contribution in [-0.2, 0) is 13.1 Å². The number of anilines is 1. The molecule has 1 atom stereocenters. The van der Waals surface area contributed by atoms with Crippen molar-refractivity contribution in [2.24, 2.45) is 0 Å². The molecular weight excluding hydrogens is 364 g/mol. The Morgan fingerprint density at radius 3 is 2.86 bits per heavy atom. The van der Waals surface area contributed by atoms with E-state index in [9.17, 15) is 4.79 Å². The highest BCUT2D eigenvalue weighted by molar-refractivity contribution is 5.31. The van der Waals surface area contributed by atoms with Crippen LogP contribution in [0.5, 0.6) is 0 Å². The summed E-state index contributed by atoms with van der Waals surface area (Å²) in [5.74, 6) is 1.06. The van der Waals surface area contributed by atoms with Crippen LogP contribution in [0.2, 0.25) is 0 Å². The molecule has 4 rings (SSSR count). The number of likely N-dealkylation sites (tertiary alicyclic amines) is 1. The molecule has 0 aromatic carbocycles. The molecule has 2 aliphatic rings. The molecule has 0 bridgehead atoms. The lowest BCUT2D eigenvalue weighted by molar-refractivity contribution is 0.198. The quantitative estimate of drug-likeness (QED) is 0.761.